The van der Waals surface area contributed by atoms with Gasteiger partial charge in [0.1, 0.15) is 0 Å². The summed E-state index contributed by atoms with van der Waals surface area (Å²) in [6.07, 6.45) is 3.16. The molecule has 4 aliphatic rings. The molecular weight excluding hydrogens is 276 g/mol. The highest BCUT2D eigenvalue weighted by Crippen LogP contribution is 2.61. The van der Waals surface area contributed by atoms with Crippen LogP contribution < -0.4 is 5.32 Å². The minimum atomic E-state index is -0.154. The van der Waals surface area contributed by atoms with Gasteiger partial charge < -0.3 is 10.1 Å². The fourth-order valence-electron chi connectivity index (χ4n) is 5.52. The van der Waals surface area contributed by atoms with E-state index in [-0.39, 0.29) is 11.4 Å². The minimum Gasteiger partial charge on any atom is -0.466 e. The SMILES string of the molecule is COC(=O)C1=C2Nc3ccccc3[C@@]23CCN2CC[C@H](C1)[C@@H]23. The third kappa shape index (κ3) is 1.30. The van der Waals surface area contributed by atoms with Crippen LogP contribution in [0.5, 0.6) is 0 Å². The van der Waals surface area contributed by atoms with E-state index in [0.29, 0.717) is 12.0 Å². The molecule has 1 N–H and O–H groups in total. The molecule has 0 saturated carbocycles. The monoisotopic (exact) mass is 296 g/mol. The van der Waals surface area contributed by atoms with Crippen molar-refractivity contribution in [1.29, 1.82) is 0 Å². The number of hydrogen-bond donors (Lipinski definition) is 1. The van der Waals surface area contributed by atoms with Crippen molar-refractivity contribution in [1.82, 2.24) is 4.90 Å². The van der Waals surface area contributed by atoms with Crippen LogP contribution in [-0.2, 0) is 14.9 Å². The van der Waals surface area contributed by atoms with Crippen LogP contribution >= 0.6 is 0 Å². The number of para-hydroxylation sites is 1. The first-order valence-electron chi connectivity index (χ1n) is 8.18. The highest BCUT2D eigenvalue weighted by Gasteiger charge is 2.62. The fraction of sp³-hybridized carbons (Fsp3) is 0.500. The van der Waals surface area contributed by atoms with Gasteiger partial charge in [-0.2, -0.15) is 0 Å². The second-order valence-corrected chi connectivity index (χ2v) is 6.97. The molecule has 0 amide bonds. The van der Waals surface area contributed by atoms with Crippen LogP contribution in [0, 0.1) is 5.92 Å². The van der Waals surface area contributed by atoms with Crippen LogP contribution in [0.3, 0.4) is 0 Å². The molecule has 3 heterocycles. The number of esters is 1. The lowest BCUT2D eigenvalue weighted by molar-refractivity contribution is -0.136. The van der Waals surface area contributed by atoms with E-state index in [0.717, 1.165) is 30.7 Å². The summed E-state index contributed by atoms with van der Waals surface area (Å²) in [5.74, 6) is 0.423. The Morgan fingerprint density at radius 1 is 1.36 bits per heavy atom. The molecule has 114 valence electrons. The van der Waals surface area contributed by atoms with Gasteiger partial charge in [-0.25, -0.2) is 4.79 Å². The lowest BCUT2D eigenvalue weighted by atomic mass is 9.64. The van der Waals surface area contributed by atoms with Crippen molar-refractivity contribution in [3.8, 4) is 0 Å². The number of fused-ring (bicyclic) bond motifs is 1. The zero-order valence-corrected chi connectivity index (χ0v) is 12.8. The predicted octanol–water partition coefficient (Wildman–Crippen LogP) is 2.27. The first-order chi connectivity index (χ1) is 10.8. The molecule has 5 rings (SSSR count). The van der Waals surface area contributed by atoms with Gasteiger partial charge in [-0.1, -0.05) is 18.2 Å². The van der Waals surface area contributed by atoms with Gasteiger partial charge in [-0.05, 0) is 49.9 Å². The van der Waals surface area contributed by atoms with Gasteiger partial charge in [0.2, 0.25) is 0 Å². The minimum absolute atomic E-state index is 0.0144. The maximum absolute atomic E-state index is 12.4. The van der Waals surface area contributed by atoms with E-state index in [9.17, 15) is 4.79 Å². The summed E-state index contributed by atoms with van der Waals surface area (Å²) < 4.78 is 5.10. The van der Waals surface area contributed by atoms with Crippen molar-refractivity contribution in [2.24, 2.45) is 5.92 Å². The Morgan fingerprint density at radius 3 is 3.09 bits per heavy atom. The third-order valence-corrected chi connectivity index (χ3v) is 6.24. The van der Waals surface area contributed by atoms with Gasteiger partial charge in [0, 0.05) is 17.4 Å². The van der Waals surface area contributed by atoms with E-state index >= 15 is 0 Å². The fourth-order valence-corrected chi connectivity index (χ4v) is 5.52. The lowest BCUT2D eigenvalue weighted by Crippen LogP contribution is -2.47. The normalized spacial score (nSPS) is 35.0. The van der Waals surface area contributed by atoms with Crippen LogP contribution in [0.15, 0.2) is 35.5 Å². The van der Waals surface area contributed by atoms with E-state index in [1.54, 1.807) is 0 Å². The Balaban J connectivity index is 1.79. The maximum atomic E-state index is 12.4. The van der Waals surface area contributed by atoms with E-state index in [1.165, 1.54) is 31.3 Å². The molecule has 2 fully saturated rings. The largest absolute Gasteiger partial charge is 0.466 e. The number of methoxy groups -OCH3 is 1. The number of anilines is 1. The number of carbonyl (C=O) groups excluding carboxylic acids is 1. The van der Waals surface area contributed by atoms with Crippen LogP contribution in [0.1, 0.15) is 24.8 Å². The zero-order chi connectivity index (χ0) is 14.9. The van der Waals surface area contributed by atoms with Crippen molar-refractivity contribution in [3.05, 3.63) is 41.1 Å². The summed E-state index contributed by atoms with van der Waals surface area (Å²) >= 11 is 0. The molecule has 1 aromatic carbocycles. The van der Waals surface area contributed by atoms with Crippen molar-refractivity contribution in [3.63, 3.8) is 0 Å². The molecule has 0 radical (unpaired) electrons. The molecule has 2 saturated heterocycles. The number of rotatable bonds is 1. The third-order valence-electron chi connectivity index (χ3n) is 6.24. The van der Waals surface area contributed by atoms with Crippen LogP contribution in [0.2, 0.25) is 0 Å². The van der Waals surface area contributed by atoms with Crippen molar-refractivity contribution >= 4 is 11.7 Å². The Hall–Kier alpha value is -1.81. The summed E-state index contributed by atoms with van der Waals surface area (Å²) in [6.45, 7) is 2.30. The highest BCUT2D eigenvalue weighted by molar-refractivity contribution is 5.93. The van der Waals surface area contributed by atoms with Gasteiger partial charge in [0.15, 0.2) is 0 Å². The summed E-state index contributed by atoms with van der Waals surface area (Å²) in [7, 11) is 1.49. The van der Waals surface area contributed by atoms with Crippen LogP contribution in [-0.4, -0.2) is 37.1 Å². The Morgan fingerprint density at radius 2 is 2.23 bits per heavy atom. The van der Waals surface area contributed by atoms with E-state index in [4.69, 9.17) is 4.74 Å². The highest BCUT2D eigenvalue weighted by atomic mass is 16.5. The summed E-state index contributed by atoms with van der Waals surface area (Å²) in [5, 5.41) is 3.58. The Kier molecular flexibility index (Phi) is 2.39. The Bertz CT molecular complexity index is 711. The second kappa shape index (κ2) is 4.13. The smallest absolute Gasteiger partial charge is 0.335 e. The number of nitrogens with zero attached hydrogens (tertiary/aromatic N) is 1. The van der Waals surface area contributed by atoms with E-state index < -0.39 is 0 Å². The standard InChI is InChI=1S/C18H20N2O2/c1-22-17(21)12-10-11-6-8-20-9-7-18(16(11)20)13-4-2-3-5-14(13)19-15(12)18/h2-5,11,16,19H,6-10H2,1H3/t11-,16-,18+/m1/s1. The van der Waals surface area contributed by atoms with Crippen molar-refractivity contribution in [2.45, 2.75) is 30.7 Å². The van der Waals surface area contributed by atoms with E-state index in [2.05, 4.69) is 34.5 Å². The van der Waals surface area contributed by atoms with Gasteiger partial charge in [-0.3, -0.25) is 4.90 Å². The first-order valence-corrected chi connectivity index (χ1v) is 8.18. The average Bonchev–Trinajstić information content (AvgIpc) is 3.22. The molecule has 1 aliphatic carbocycles. The molecule has 1 spiro atoms. The average molecular weight is 296 g/mol. The molecule has 1 aromatic rings. The quantitative estimate of drug-likeness (QED) is 0.807. The van der Waals surface area contributed by atoms with Gasteiger partial charge >= 0.3 is 5.97 Å². The maximum Gasteiger partial charge on any atom is 0.335 e. The molecule has 3 aliphatic heterocycles. The lowest BCUT2D eigenvalue weighted by Gasteiger charge is -2.41. The molecule has 0 aromatic heterocycles. The zero-order valence-electron chi connectivity index (χ0n) is 12.8. The molecule has 22 heavy (non-hydrogen) atoms. The number of ether oxygens (including phenoxy) is 1. The van der Waals surface area contributed by atoms with Gasteiger partial charge in [0.25, 0.3) is 0 Å². The summed E-state index contributed by atoms with van der Waals surface area (Å²) in [6, 6.07) is 9.12. The van der Waals surface area contributed by atoms with Crippen LogP contribution in [0.25, 0.3) is 0 Å². The molecule has 4 heteroatoms. The molecule has 3 atom stereocenters. The number of benzene rings is 1. The summed E-state index contributed by atoms with van der Waals surface area (Å²) in [4.78, 5) is 15.0. The topological polar surface area (TPSA) is 41.6 Å². The molecule has 0 bridgehead atoms. The second-order valence-electron chi connectivity index (χ2n) is 6.97. The van der Waals surface area contributed by atoms with Crippen molar-refractivity contribution in [2.75, 3.05) is 25.5 Å². The van der Waals surface area contributed by atoms with Crippen LogP contribution in [0.4, 0.5) is 5.69 Å². The van der Waals surface area contributed by atoms with Gasteiger partial charge in [-0.15, -0.1) is 0 Å². The predicted molar refractivity (Wildman–Crippen MR) is 83.5 cm³/mol. The van der Waals surface area contributed by atoms with Crippen molar-refractivity contribution < 1.29 is 9.53 Å². The molecular formula is C18H20N2O2. The first kappa shape index (κ1) is 12.7. The number of hydrogen-bond acceptors (Lipinski definition) is 4. The van der Waals surface area contributed by atoms with Gasteiger partial charge in [0.05, 0.1) is 18.1 Å². The molecule has 0 unspecified atom stereocenters. The summed E-state index contributed by atoms with van der Waals surface area (Å²) in [5.41, 5.74) is 4.55. The number of nitrogens with one attached hydrogen (secondary N) is 1. The Labute approximate surface area is 130 Å². The molecule has 4 nitrogen and oxygen atoms in total. The number of carbonyl (C=O) groups is 1. The van der Waals surface area contributed by atoms with E-state index in [1.807, 2.05) is 0 Å².